The molecule has 0 N–H and O–H groups in total. The molecule has 0 aliphatic heterocycles. The lowest BCUT2D eigenvalue weighted by molar-refractivity contribution is 0.709. The Bertz CT molecular complexity index is 88.4. The summed E-state index contributed by atoms with van der Waals surface area (Å²) in [5, 5.41) is 1.09. The molecule has 0 heterocycles. The molecule has 0 saturated carbocycles. The fourth-order valence-corrected chi connectivity index (χ4v) is 0.915. The summed E-state index contributed by atoms with van der Waals surface area (Å²) >= 11 is 1.64. The Labute approximate surface area is 55.1 Å². The van der Waals surface area contributed by atoms with Crippen molar-refractivity contribution in [2.24, 2.45) is 4.99 Å². The highest BCUT2D eigenvalue weighted by atomic mass is 32.2. The summed E-state index contributed by atoms with van der Waals surface area (Å²) < 4.78 is 2.02. The van der Waals surface area contributed by atoms with Crippen molar-refractivity contribution in [2.45, 2.75) is 6.92 Å². The molecule has 0 aromatic heterocycles. The molecule has 0 aromatic rings. The highest BCUT2D eigenvalue weighted by molar-refractivity contribution is 8.11. The van der Waals surface area contributed by atoms with Gasteiger partial charge >= 0.3 is 0 Å². The number of hydrogen-bond donors (Lipinski definition) is 0. The summed E-state index contributed by atoms with van der Waals surface area (Å²) in [4.78, 5) is 3.97. The minimum absolute atomic E-state index is 1.09. The molecule has 0 fully saturated rings. The maximum atomic E-state index is 3.97. The molecule has 0 unspecified atom stereocenters. The van der Waals surface area contributed by atoms with E-state index in [1.807, 2.05) is 25.3 Å². The lowest BCUT2D eigenvalue weighted by Crippen LogP contribution is -2.02. The number of hydrogen-bond acceptors (Lipinski definition) is 3. The van der Waals surface area contributed by atoms with Crippen LogP contribution in [-0.4, -0.2) is 30.5 Å². The highest BCUT2D eigenvalue weighted by Gasteiger charge is 1.90. The van der Waals surface area contributed by atoms with Crippen molar-refractivity contribution < 1.29 is 0 Å². The zero-order valence-corrected chi connectivity index (χ0v) is 6.62. The van der Waals surface area contributed by atoms with Crippen LogP contribution in [-0.2, 0) is 0 Å². The predicted octanol–water partition coefficient (Wildman–Crippen LogP) is 1.24. The topological polar surface area (TPSA) is 15.6 Å². The van der Waals surface area contributed by atoms with Gasteiger partial charge in [-0.3, -0.25) is 9.30 Å². The Morgan fingerprint density at radius 1 is 1.50 bits per heavy atom. The fourth-order valence-electron chi connectivity index (χ4n) is 0.305. The first-order chi connectivity index (χ1) is 3.66. The van der Waals surface area contributed by atoms with E-state index in [4.69, 9.17) is 0 Å². The van der Waals surface area contributed by atoms with Crippen molar-refractivity contribution in [3.63, 3.8) is 0 Å². The molecule has 0 spiro atoms. The Morgan fingerprint density at radius 3 is 2.12 bits per heavy atom. The van der Waals surface area contributed by atoms with Crippen molar-refractivity contribution in [3.8, 4) is 0 Å². The first-order valence-corrected chi connectivity index (χ1v) is 3.23. The van der Waals surface area contributed by atoms with Crippen LogP contribution in [0, 0.1) is 0 Å². The first-order valence-electron chi connectivity index (χ1n) is 2.45. The van der Waals surface area contributed by atoms with Crippen LogP contribution < -0.4 is 0 Å². The second kappa shape index (κ2) is 3.92. The summed E-state index contributed by atoms with van der Waals surface area (Å²) in [6, 6.07) is 0. The number of aliphatic imine (C=N–C) groups is 1. The maximum absolute atomic E-state index is 3.97. The van der Waals surface area contributed by atoms with Crippen molar-refractivity contribution >= 4 is 17.0 Å². The van der Waals surface area contributed by atoms with Crippen LogP contribution in [0.3, 0.4) is 0 Å². The predicted molar refractivity (Wildman–Crippen MR) is 40.3 cm³/mol. The van der Waals surface area contributed by atoms with Gasteiger partial charge in [0, 0.05) is 7.05 Å². The van der Waals surface area contributed by atoms with E-state index in [9.17, 15) is 0 Å². The summed E-state index contributed by atoms with van der Waals surface area (Å²) in [6.45, 7) is 1.99. The van der Waals surface area contributed by atoms with Gasteiger partial charge in [-0.1, -0.05) is 0 Å². The van der Waals surface area contributed by atoms with E-state index >= 15 is 0 Å². The number of rotatable bonds is 1. The van der Waals surface area contributed by atoms with E-state index in [1.165, 1.54) is 0 Å². The van der Waals surface area contributed by atoms with E-state index in [0.717, 1.165) is 5.04 Å². The minimum atomic E-state index is 1.09. The normalized spacial score (nSPS) is 12.9. The number of nitrogens with zero attached hydrogens (tertiary/aromatic N) is 2. The van der Waals surface area contributed by atoms with E-state index < -0.39 is 0 Å². The Morgan fingerprint density at radius 2 is 2.00 bits per heavy atom. The second-order valence-corrected chi connectivity index (χ2v) is 3.15. The molecular weight excluding hydrogens is 120 g/mol. The quantitative estimate of drug-likeness (QED) is 0.303. The molecule has 3 heteroatoms. The monoisotopic (exact) mass is 132 g/mol. The molecule has 2 nitrogen and oxygen atoms in total. The molecule has 0 amide bonds. The molecule has 8 heavy (non-hydrogen) atoms. The van der Waals surface area contributed by atoms with Gasteiger partial charge < -0.3 is 0 Å². The Kier molecular flexibility index (Phi) is 3.91. The summed E-state index contributed by atoms with van der Waals surface area (Å²) in [6.07, 6.45) is 0. The molecular formula is C5H12N2S. The van der Waals surface area contributed by atoms with Crippen LogP contribution in [0.15, 0.2) is 4.99 Å². The Balaban J connectivity index is 3.39. The van der Waals surface area contributed by atoms with Gasteiger partial charge in [-0.15, -0.1) is 0 Å². The molecule has 0 aliphatic carbocycles. The summed E-state index contributed by atoms with van der Waals surface area (Å²) in [5.41, 5.74) is 0. The summed E-state index contributed by atoms with van der Waals surface area (Å²) in [5.74, 6) is 0. The Hall–Kier alpha value is -0.0200. The smallest absolute Gasteiger partial charge is 0.0794 e. The van der Waals surface area contributed by atoms with Crippen molar-refractivity contribution in [1.82, 2.24) is 4.31 Å². The average molecular weight is 132 g/mol. The van der Waals surface area contributed by atoms with Crippen LogP contribution in [0.2, 0.25) is 0 Å². The SMILES string of the molecule is C/N=C(/C)SN(C)C. The third kappa shape index (κ3) is 4.15. The zero-order chi connectivity index (χ0) is 6.57. The summed E-state index contributed by atoms with van der Waals surface area (Å²) in [7, 11) is 5.80. The maximum Gasteiger partial charge on any atom is 0.0794 e. The van der Waals surface area contributed by atoms with E-state index in [2.05, 4.69) is 4.99 Å². The van der Waals surface area contributed by atoms with E-state index in [1.54, 1.807) is 19.0 Å². The fraction of sp³-hybridized carbons (Fsp3) is 0.800. The lowest BCUT2D eigenvalue weighted by Gasteiger charge is -2.05. The van der Waals surface area contributed by atoms with Crippen LogP contribution in [0.25, 0.3) is 0 Å². The molecule has 48 valence electrons. The van der Waals surface area contributed by atoms with Crippen LogP contribution in [0.4, 0.5) is 0 Å². The van der Waals surface area contributed by atoms with Gasteiger partial charge in [0.25, 0.3) is 0 Å². The largest absolute Gasteiger partial charge is 0.285 e. The minimum Gasteiger partial charge on any atom is -0.285 e. The first kappa shape index (κ1) is 7.98. The van der Waals surface area contributed by atoms with Gasteiger partial charge in [0.2, 0.25) is 0 Å². The van der Waals surface area contributed by atoms with Crippen LogP contribution in [0.1, 0.15) is 6.92 Å². The molecule has 0 aromatic carbocycles. The molecule has 0 aliphatic rings. The van der Waals surface area contributed by atoms with Gasteiger partial charge in [-0.05, 0) is 33.0 Å². The second-order valence-electron chi connectivity index (χ2n) is 1.65. The van der Waals surface area contributed by atoms with Crippen molar-refractivity contribution in [1.29, 1.82) is 0 Å². The molecule has 0 radical (unpaired) electrons. The van der Waals surface area contributed by atoms with Gasteiger partial charge in [0.05, 0.1) is 5.04 Å². The van der Waals surface area contributed by atoms with Crippen molar-refractivity contribution in [3.05, 3.63) is 0 Å². The highest BCUT2D eigenvalue weighted by Crippen LogP contribution is 2.04. The van der Waals surface area contributed by atoms with Gasteiger partial charge in [0.1, 0.15) is 0 Å². The molecule has 0 atom stereocenters. The van der Waals surface area contributed by atoms with E-state index in [-0.39, 0.29) is 0 Å². The van der Waals surface area contributed by atoms with Gasteiger partial charge in [0.15, 0.2) is 0 Å². The van der Waals surface area contributed by atoms with Gasteiger partial charge in [-0.2, -0.15) is 0 Å². The van der Waals surface area contributed by atoms with Crippen LogP contribution in [0.5, 0.6) is 0 Å². The average Bonchev–Trinajstić information content (AvgIpc) is 1.65. The third-order valence-corrected chi connectivity index (χ3v) is 1.44. The zero-order valence-electron chi connectivity index (χ0n) is 5.80. The standard InChI is InChI=1S/C5H12N2S/c1-5(6-2)8-7(3)4/h1-4H3/b6-5-. The van der Waals surface area contributed by atoms with Crippen molar-refractivity contribution in [2.75, 3.05) is 21.1 Å². The van der Waals surface area contributed by atoms with E-state index in [0.29, 0.717) is 0 Å². The van der Waals surface area contributed by atoms with Gasteiger partial charge in [-0.25, -0.2) is 0 Å². The third-order valence-electron chi connectivity index (χ3n) is 0.630. The molecule has 0 rings (SSSR count). The lowest BCUT2D eigenvalue weighted by atomic mass is 10.9. The van der Waals surface area contributed by atoms with Crippen LogP contribution >= 0.6 is 11.9 Å². The molecule has 0 saturated heterocycles. The molecule has 0 bridgehead atoms.